The van der Waals surface area contributed by atoms with Gasteiger partial charge >= 0.3 is 0 Å². The highest BCUT2D eigenvalue weighted by Gasteiger charge is 2.46. The van der Waals surface area contributed by atoms with E-state index in [0.717, 1.165) is 5.56 Å². The summed E-state index contributed by atoms with van der Waals surface area (Å²) in [7, 11) is 1.90. The second-order valence-corrected chi connectivity index (χ2v) is 5.09. The highest BCUT2D eigenvalue weighted by Crippen LogP contribution is 2.40. The molecular weight excluding hydrogens is 236 g/mol. The van der Waals surface area contributed by atoms with Crippen LogP contribution in [0.15, 0.2) is 42.5 Å². The first-order valence-corrected chi connectivity index (χ1v) is 6.44. The Bertz CT molecular complexity index is 640. The summed E-state index contributed by atoms with van der Waals surface area (Å²) < 4.78 is 5.26. The van der Waals surface area contributed by atoms with Gasteiger partial charge in [-0.3, -0.25) is 0 Å². The molecule has 2 aromatic carbocycles. The molecule has 0 radical (unpaired) electrons. The van der Waals surface area contributed by atoms with Crippen molar-refractivity contribution in [3.63, 3.8) is 0 Å². The number of fused-ring (bicyclic) bond motifs is 1. The van der Waals surface area contributed by atoms with E-state index in [4.69, 9.17) is 4.74 Å². The molecule has 1 N–H and O–H groups in total. The van der Waals surface area contributed by atoms with Gasteiger partial charge in [0.2, 0.25) is 0 Å². The first-order valence-electron chi connectivity index (χ1n) is 6.44. The summed E-state index contributed by atoms with van der Waals surface area (Å²) in [6.07, 6.45) is 0. The van der Waals surface area contributed by atoms with Crippen molar-refractivity contribution in [1.29, 1.82) is 5.26 Å². The summed E-state index contributed by atoms with van der Waals surface area (Å²) in [4.78, 5) is 0. The van der Waals surface area contributed by atoms with Crippen LogP contribution in [0.5, 0.6) is 0 Å². The van der Waals surface area contributed by atoms with Gasteiger partial charge in [0.1, 0.15) is 5.41 Å². The lowest BCUT2D eigenvalue weighted by Crippen LogP contribution is -2.50. The molecule has 3 nitrogen and oxygen atoms in total. The van der Waals surface area contributed by atoms with E-state index in [-0.39, 0.29) is 6.04 Å². The second-order valence-electron chi connectivity index (χ2n) is 5.09. The molecule has 0 spiro atoms. The molecule has 1 aliphatic heterocycles. The van der Waals surface area contributed by atoms with E-state index in [0.29, 0.717) is 13.2 Å². The van der Waals surface area contributed by atoms with Crippen molar-refractivity contribution in [1.82, 2.24) is 5.32 Å². The Kier molecular flexibility index (Phi) is 2.98. The van der Waals surface area contributed by atoms with E-state index in [1.54, 1.807) is 0 Å². The van der Waals surface area contributed by atoms with E-state index in [2.05, 4.69) is 41.7 Å². The molecule has 0 saturated carbocycles. The smallest absolute Gasteiger partial charge is 0.123 e. The van der Waals surface area contributed by atoms with Crippen LogP contribution < -0.4 is 5.32 Å². The Labute approximate surface area is 112 Å². The molecule has 0 aliphatic carbocycles. The zero-order chi connectivity index (χ0) is 13.3. The summed E-state index contributed by atoms with van der Waals surface area (Å²) in [5.74, 6) is 0. The Morgan fingerprint density at radius 3 is 2.53 bits per heavy atom. The Balaban J connectivity index is 2.04. The molecule has 1 unspecified atom stereocenters. The van der Waals surface area contributed by atoms with Crippen molar-refractivity contribution in [2.75, 3.05) is 20.3 Å². The number of rotatable bonds is 3. The van der Waals surface area contributed by atoms with Crippen LogP contribution in [-0.2, 0) is 4.74 Å². The normalized spacial score (nSPS) is 18.5. The average molecular weight is 252 g/mol. The van der Waals surface area contributed by atoms with Gasteiger partial charge in [-0.25, -0.2) is 0 Å². The number of benzene rings is 2. The van der Waals surface area contributed by atoms with Crippen molar-refractivity contribution in [2.45, 2.75) is 6.04 Å². The molecule has 1 heterocycles. The van der Waals surface area contributed by atoms with Gasteiger partial charge in [0.15, 0.2) is 0 Å². The topological polar surface area (TPSA) is 45.0 Å². The molecule has 96 valence electrons. The first kappa shape index (κ1) is 12.2. The molecule has 1 fully saturated rings. The Morgan fingerprint density at radius 2 is 1.95 bits per heavy atom. The average Bonchev–Trinajstić information content (AvgIpc) is 2.42. The lowest BCUT2D eigenvalue weighted by molar-refractivity contribution is -0.0963. The molecular formula is C16H16N2O. The third-order valence-electron chi connectivity index (χ3n) is 3.89. The molecule has 19 heavy (non-hydrogen) atoms. The SMILES string of the molecule is CNC(c1ccc2ccccc2c1)C1(C#N)COC1. The van der Waals surface area contributed by atoms with Crippen LogP contribution in [-0.4, -0.2) is 20.3 Å². The molecule has 1 aliphatic rings. The molecule has 3 heteroatoms. The minimum Gasteiger partial charge on any atom is -0.378 e. The summed E-state index contributed by atoms with van der Waals surface area (Å²) in [5, 5.41) is 15.1. The second kappa shape index (κ2) is 4.65. The summed E-state index contributed by atoms with van der Waals surface area (Å²) in [6, 6.07) is 17.1. The van der Waals surface area contributed by atoms with Crippen LogP contribution in [0.25, 0.3) is 10.8 Å². The van der Waals surface area contributed by atoms with Crippen molar-refractivity contribution in [2.24, 2.45) is 5.41 Å². The van der Waals surface area contributed by atoms with E-state index >= 15 is 0 Å². The fourth-order valence-electron chi connectivity index (χ4n) is 2.77. The highest BCUT2D eigenvalue weighted by atomic mass is 16.5. The van der Waals surface area contributed by atoms with Crippen LogP contribution in [0.4, 0.5) is 0 Å². The monoisotopic (exact) mass is 252 g/mol. The van der Waals surface area contributed by atoms with Gasteiger partial charge in [-0.2, -0.15) is 5.26 Å². The number of nitrogens with zero attached hydrogens (tertiary/aromatic N) is 1. The van der Waals surface area contributed by atoms with Crippen LogP contribution in [0.1, 0.15) is 11.6 Å². The number of nitrogens with one attached hydrogen (secondary N) is 1. The molecule has 1 atom stereocenters. The summed E-state index contributed by atoms with van der Waals surface area (Å²) in [6.45, 7) is 1.00. The number of ether oxygens (including phenoxy) is 1. The molecule has 0 bridgehead atoms. The zero-order valence-corrected chi connectivity index (χ0v) is 10.9. The van der Waals surface area contributed by atoms with Gasteiger partial charge in [-0.1, -0.05) is 36.4 Å². The Morgan fingerprint density at radius 1 is 1.21 bits per heavy atom. The van der Waals surface area contributed by atoms with E-state index < -0.39 is 5.41 Å². The molecule has 0 aromatic heterocycles. The number of hydrogen-bond donors (Lipinski definition) is 1. The van der Waals surface area contributed by atoms with Crippen LogP contribution in [0.2, 0.25) is 0 Å². The van der Waals surface area contributed by atoms with Crippen LogP contribution in [0, 0.1) is 16.7 Å². The van der Waals surface area contributed by atoms with Crippen molar-refractivity contribution >= 4 is 10.8 Å². The molecule has 1 saturated heterocycles. The van der Waals surface area contributed by atoms with Gasteiger partial charge in [0, 0.05) is 0 Å². The predicted molar refractivity (Wildman–Crippen MR) is 74.6 cm³/mol. The largest absolute Gasteiger partial charge is 0.378 e. The standard InChI is InChI=1S/C16H16N2O/c1-18-15(16(9-17)10-19-11-16)14-7-6-12-4-2-3-5-13(12)8-14/h2-8,15,18H,10-11H2,1H3. The van der Waals surface area contributed by atoms with Gasteiger partial charge < -0.3 is 10.1 Å². The predicted octanol–water partition coefficient (Wildman–Crippen LogP) is 2.64. The number of hydrogen-bond acceptors (Lipinski definition) is 3. The Hall–Kier alpha value is -1.89. The summed E-state index contributed by atoms with van der Waals surface area (Å²) in [5.41, 5.74) is 0.711. The third kappa shape index (κ3) is 1.90. The zero-order valence-electron chi connectivity index (χ0n) is 10.9. The quantitative estimate of drug-likeness (QED) is 0.913. The number of nitriles is 1. The maximum atomic E-state index is 9.44. The lowest BCUT2D eigenvalue weighted by atomic mass is 9.76. The minimum absolute atomic E-state index is 0.0101. The van der Waals surface area contributed by atoms with Crippen molar-refractivity contribution in [3.8, 4) is 6.07 Å². The third-order valence-corrected chi connectivity index (χ3v) is 3.89. The molecule has 2 aromatic rings. The maximum absolute atomic E-state index is 9.44. The van der Waals surface area contributed by atoms with Crippen LogP contribution in [0.3, 0.4) is 0 Å². The van der Waals surface area contributed by atoms with E-state index in [9.17, 15) is 5.26 Å². The minimum atomic E-state index is -0.433. The molecule has 0 amide bonds. The van der Waals surface area contributed by atoms with Crippen molar-refractivity contribution in [3.05, 3.63) is 48.0 Å². The van der Waals surface area contributed by atoms with Gasteiger partial charge in [-0.15, -0.1) is 0 Å². The van der Waals surface area contributed by atoms with Gasteiger partial charge in [0.25, 0.3) is 0 Å². The fourth-order valence-corrected chi connectivity index (χ4v) is 2.77. The van der Waals surface area contributed by atoms with E-state index in [1.807, 2.05) is 19.2 Å². The van der Waals surface area contributed by atoms with Crippen molar-refractivity contribution < 1.29 is 4.74 Å². The maximum Gasteiger partial charge on any atom is 0.123 e. The fraction of sp³-hybridized carbons (Fsp3) is 0.312. The van der Waals surface area contributed by atoms with Crippen LogP contribution >= 0.6 is 0 Å². The lowest BCUT2D eigenvalue weighted by Gasteiger charge is -2.41. The van der Waals surface area contributed by atoms with Gasteiger partial charge in [-0.05, 0) is 29.4 Å². The molecule has 3 rings (SSSR count). The first-order chi connectivity index (χ1) is 9.29. The highest BCUT2D eigenvalue weighted by molar-refractivity contribution is 5.83. The summed E-state index contributed by atoms with van der Waals surface area (Å²) >= 11 is 0. The van der Waals surface area contributed by atoms with Gasteiger partial charge in [0.05, 0.1) is 25.3 Å². The van der Waals surface area contributed by atoms with E-state index in [1.165, 1.54) is 10.8 Å².